The van der Waals surface area contributed by atoms with E-state index >= 15 is 0 Å². The predicted octanol–water partition coefficient (Wildman–Crippen LogP) is 3.98. The van der Waals surface area contributed by atoms with E-state index in [0.717, 1.165) is 11.3 Å². The first-order valence-corrected chi connectivity index (χ1v) is 6.51. The van der Waals surface area contributed by atoms with E-state index < -0.39 is 11.7 Å². The SMILES string of the molecule is CC/C(=N/NC(=O)OC(C)(C)C)c1ccc(Cl)cc1. The van der Waals surface area contributed by atoms with Crippen LogP contribution in [0.2, 0.25) is 5.02 Å². The molecular formula is C14H19ClN2O2. The van der Waals surface area contributed by atoms with Gasteiger partial charge in [0, 0.05) is 5.02 Å². The molecule has 0 radical (unpaired) electrons. The van der Waals surface area contributed by atoms with Gasteiger partial charge in [0.05, 0.1) is 5.71 Å². The Hall–Kier alpha value is -1.55. The average Bonchev–Trinajstić information content (AvgIpc) is 2.29. The maximum Gasteiger partial charge on any atom is 0.428 e. The molecule has 5 heteroatoms. The minimum Gasteiger partial charge on any atom is -0.443 e. The quantitative estimate of drug-likeness (QED) is 0.673. The smallest absolute Gasteiger partial charge is 0.428 e. The average molecular weight is 283 g/mol. The molecular weight excluding hydrogens is 264 g/mol. The van der Waals surface area contributed by atoms with Crippen LogP contribution >= 0.6 is 11.6 Å². The lowest BCUT2D eigenvalue weighted by Gasteiger charge is -2.18. The maximum absolute atomic E-state index is 11.5. The number of rotatable bonds is 3. The summed E-state index contributed by atoms with van der Waals surface area (Å²) in [4.78, 5) is 11.5. The summed E-state index contributed by atoms with van der Waals surface area (Å²) in [5.74, 6) is 0. The molecule has 1 amide bonds. The molecule has 0 spiro atoms. The predicted molar refractivity (Wildman–Crippen MR) is 77.6 cm³/mol. The summed E-state index contributed by atoms with van der Waals surface area (Å²) in [6.07, 6.45) is 0.129. The number of carbonyl (C=O) groups is 1. The molecule has 1 rings (SSSR count). The van der Waals surface area contributed by atoms with Crippen molar-refractivity contribution >= 4 is 23.4 Å². The summed E-state index contributed by atoms with van der Waals surface area (Å²) in [7, 11) is 0. The first-order valence-electron chi connectivity index (χ1n) is 6.13. The highest BCUT2D eigenvalue weighted by molar-refractivity contribution is 6.30. The Balaban J connectivity index is 2.72. The van der Waals surface area contributed by atoms with Gasteiger partial charge in [-0.1, -0.05) is 30.7 Å². The van der Waals surface area contributed by atoms with Crippen molar-refractivity contribution in [2.24, 2.45) is 5.10 Å². The summed E-state index contributed by atoms with van der Waals surface area (Å²) in [5.41, 5.74) is 3.55. The van der Waals surface area contributed by atoms with Crippen LogP contribution in [0.5, 0.6) is 0 Å². The summed E-state index contributed by atoms with van der Waals surface area (Å²) < 4.78 is 5.11. The number of hydrogen-bond donors (Lipinski definition) is 1. The van der Waals surface area contributed by atoms with Gasteiger partial charge in [0.1, 0.15) is 5.60 Å². The molecule has 0 heterocycles. The third-order valence-corrected chi connectivity index (χ3v) is 2.45. The highest BCUT2D eigenvalue weighted by atomic mass is 35.5. The van der Waals surface area contributed by atoms with Crippen molar-refractivity contribution in [3.05, 3.63) is 34.9 Å². The van der Waals surface area contributed by atoms with Crippen LogP contribution in [0.25, 0.3) is 0 Å². The Morgan fingerprint density at radius 1 is 1.32 bits per heavy atom. The van der Waals surface area contributed by atoms with Gasteiger partial charge < -0.3 is 4.74 Å². The fraction of sp³-hybridized carbons (Fsp3) is 0.429. The number of hydrogen-bond acceptors (Lipinski definition) is 3. The molecule has 1 aromatic carbocycles. The molecule has 0 fully saturated rings. The molecule has 0 unspecified atom stereocenters. The van der Waals surface area contributed by atoms with Gasteiger partial charge >= 0.3 is 6.09 Å². The normalized spacial score (nSPS) is 12.2. The molecule has 0 atom stereocenters. The number of carbonyl (C=O) groups excluding carboxylic acids is 1. The Morgan fingerprint density at radius 3 is 2.37 bits per heavy atom. The molecule has 0 saturated carbocycles. The fourth-order valence-corrected chi connectivity index (χ4v) is 1.53. The molecule has 0 aromatic heterocycles. The lowest BCUT2D eigenvalue weighted by molar-refractivity contribution is 0.0529. The Labute approximate surface area is 118 Å². The Kier molecular flexibility index (Phi) is 5.36. The molecule has 1 aromatic rings. The topological polar surface area (TPSA) is 50.7 Å². The van der Waals surface area contributed by atoms with Crippen molar-refractivity contribution in [1.82, 2.24) is 5.43 Å². The lowest BCUT2D eigenvalue weighted by Crippen LogP contribution is -2.30. The van der Waals surface area contributed by atoms with Crippen molar-refractivity contribution < 1.29 is 9.53 Å². The zero-order valence-electron chi connectivity index (χ0n) is 11.7. The molecule has 0 bridgehead atoms. The minimum atomic E-state index is -0.563. The van der Waals surface area contributed by atoms with E-state index in [-0.39, 0.29) is 0 Å². The van der Waals surface area contributed by atoms with Gasteiger partial charge in [0.2, 0.25) is 0 Å². The molecule has 0 aliphatic rings. The zero-order valence-corrected chi connectivity index (χ0v) is 12.4. The van der Waals surface area contributed by atoms with Gasteiger partial charge in [-0.2, -0.15) is 5.10 Å². The Morgan fingerprint density at radius 2 is 1.89 bits per heavy atom. The van der Waals surface area contributed by atoms with Crippen LogP contribution in [-0.2, 0) is 4.74 Å². The summed E-state index contributed by atoms with van der Waals surface area (Å²) in [6.45, 7) is 7.37. The monoisotopic (exact) mass is 282 g/mol. The summed E-state index contributed by atoms with van der Waals surface area (Å²) >= 11 is 5.83. The van der Waals surface area contributed by atoms with E-state index in [1.165, 1.54) is 0 Å². The summed E-state index contributed by atoms with van der Waals surface area (Å²) in [6, 6.07) is 7.30. The van der Waals surface area contributed by atoms with E-state index in [0.29, 0.717) is 11.4 Å². The van der Waals surface area contributed by atoms with Gasteiger partial charge in [0.15, 0.2) is 0 Å². The molecule has 0 aliphatic carbocycles. The van der Waals surface area contributed by atoms with Crippen LogP contribution in [0.1, 0.15) is 39.7 Å². The van der Waals surface area contributed by atoms with Crippen molar-refractivity contribution in [3.63, 3.8) is 0 Å². The lowest BCUT2D eigenvalue weighted by atomic mass is 10.1. The number of hydrazone groups is 1. The van der Waals surface area contributed by atoms with Crippen molar-refractivity contribution in [2.75, 3.05) is 0 Å². The van der Waals surface area contributed by atoms with Crippen LogP contribution in [0, 0.1) is 0 Å². The maximum atomic E-state index is 11.5. The van der Waals surface area contributed by atoms with E-state index in [4.69, 9.17) is 16.3 Å². The molecule has 0 saturated heterocycles. The van der Waals surface area contributed by atoms with Gasteiger partial charge in [-0.25, -0.2) is 10.2 Å². The number of halogens is 1. The molecule has 1 N–H and O–H groups in total. The molecule has 0 aliphatic heterocycles. The number of benzene rings is 1. The first kappa shape index (κ1) is 15.5. The van der Waals surface area contributed by atoms with Crippen LogP contribution in [0.3, 0.4) is 0 Å². The van der Waals surface area contributed by atoms with Crippen LogP contribution in [0.15, 0.2) is 29.4 Å². The molecule has 4 nitrogen and oxygen atoms in total. The first-order chi connectivity index (χ1) is 8.81. The second-order valence-corrected chi connectivity index (χ2v) is 5.47. The highest BCUT2D eigenvalue weighted by Gasteiger charge is 2.15. The largest absolute Gasteiger partial charge is 0.443 e. The van der Waals surface area contributed by atoms with Gasteiger partial charge in [-0.05, 0) is 44.9 Å². The van der Waals surface area contributed by atoms with E-state index in [1.54, 1.807) is 32.9 Å². The second kappa shape index (κ2) is 6.57. The van der Waals surface area contributed by atoms with Crippen LogP contribution in [-0.4, -0.2) is 17.4 Å². The van der Waals surface area contributed by atoms with Crippen molar-refractivity contribution in [3.8, 4) is 0 Å². The third-order valence-electron chi connectivity index (χ3n) is 2.19. The number of nitrogens with one attached hydrogen (secondary N) is 1. The second-order valence-electron chi connectivity index (χ2n) is 5.03. The van der Waals surface area contributed by atoms with Gasteiger partial charge in [0.25, 0.3) is 0 Å². The van der Waals surface area contributed by atoms with E-state index in [2.05, 4.69) is 10.5 Å². The summed E-state index contributed by atoms with van der Waals surface area (Å²) in [5, 5.41) is 4.74. The zero-order chi connectivity index (χ0) is 14.5. The highest BCUT2D eigenvalue weighted by Crippen LogP contribution is 2.12. The van der Waals surface area contributed by atoms with E-state index in [1.807, 2.05) is 19.1 Å². The van der Waals surface area contributed by atoms with Crippen molar-refractivity contribution in [2.45, 2.75) is 39.7 Å². The molecule has 104 valence electrons. The van der Waals surface area contributed by atoms with Gasteiger partial charge in [-0.15, -0.1) is 0 Å². The Bertz CT molecular complexity index is 461. The molecule has 19 heavy (non-hydrogen) atoms. The number of ether oxygens (including phenoxy) is 1. The van der Waals surface area contributed by atoms with Crippen LogP contribution in [0.4, 0.5) is 4.79 Å². The fourth-order valence-electron chi connectivity index (χ4n) is 1.40. The standard InChI is InChI=1S/C14H19ClN2O2/c1-5-12(10-6-8-11(15)9-7-10)16-17-13(18)19-14(2,3)4/h6-9H,5H2,1-4H3,(H,17,18)/b16-12-. The van der Waals surface area contributed by atoms with Gasteiger partial charge in [-0.3, -0.25) is 0 Å². The minimum absolute atomic E-state index is 0.535. The third kappa shape index (κ3) is 5.75. The van der Waals surface area contributed by atoms with Crippen LogP contribution < -0.4 is 5.43 Å². The number of nitrogens with zero attached hydrogens (tertiary/aromatic N) is 1. The van der Waals surface area contributed by atoms with Crippen molar-refractivity contribution in [1.29, 1.82) is 0 Å². The number of amides is 1. The van der Waals surface area contributed by atoms with E-state index in [9.17, 15) is 4.79 Å².